The molecule has 0 radical (unpaired) electrons. The summed E-state index contributed by atoms with van der Waals surface area (Å²) >= 11 is 3.51. The van der Waals surface area contributed by atoms with Crippen molar-refractivity contribution in [2.75, 3.05) is 13.1 Å². The topological polar surface area (TPSA) is 3.24 Å². The van der Waals surface area contributed by atoms with Crippen LogP contribution in [0.1, 0.15) is 45.1 Å². The molecule has 1 fully saturated rings. The van der Waals surface area contributed by atoms with E-state index in [0.29, 0.717) is 5.92 Å². The minimum absolute atomic E-state index is 0.222. The van der Waals surface area contributed by atoms with E-state index in [1.165, 1.54) is 43.5 Å². The van der Waals surface area contributed by atoms with Gasteiger partial charge in [0.1, 0.15) is 0 Å². The molecule has 0 spiro atoms. The zero-order chi connectivity index (χ0) is 15.6. The first-order valence-electron chi connectivity index (χ1n) is 8.52. The molecular weight excluding hydrogens is 334 g/mol. The molecule has 22 heavy (non-hydrogen) atoms. The Labute approximate surface area is 143 Å². The largest absolute Gasteiger partial charge is 0.294 e. The van der Waals surface area contributed by atoms with E-state index in [9.17, 15) is 0 Å². The van der Waals surface area contributed by atoms with Crippen molar-refractivity contribution >= 4 is 21.5 Å². The van der Waals surface area contributed by atoms with Crippen LogP contribution >= 0.6 is 15.9 Å². The van der Waals surface area contributed by atoms with Crippen LogP contribution in [0.15, 0.2) is 47.0 Å². The zero-order valence-corrected chi connectivity index (χ0v) is 15.3. The van der Waals surface area contributed by atoms with Crippen molar-refractivity contribution in [1.29, 1.82) is 0 Å². The van der Waals surface area contributed by atoms with Crippen molar-refractivity contribution in [3.05, 3.63) is 52.5 Å². The van der Waals surface area contributed by atoms with E-state index in [0.717, 1.165) is 10.9 Å². The van der Waals surface area contributed by atoms with Crippen molar-refractivity contribution in [3.63, 3.8) is 0 Å². The molecule has 1 heterocycles. The van der Waals surface area contributed by atoms with E-state index in [2.05, 4.69) is 77.2 Å². The highest BCUT2D eigenvalue weighted by Crippen LogP contribution is 2.38. The number of benzene rings is 1. The van der Waals surface area contributed by atoms with Crippen LogP contribution < -0.4 is 0 Å². The number of rotatable bonds is 3. The van der Waals surface area contributed by atoms with Crippen molar-refractivity contribution in [3.8, 4) is 0 Å². The summed E-state index contributed by atoms with van der Waals surface area (Å²) in [6.45, 7) is 7.25. The average molecular weight is 360 g/mol. The molecular formula is C20H26BrN. The monoisotopic (exact) mass is 359 g/mol. The molecule has 0 aromatic heterocycles. The summed E-state index contributed by atoms with van der Waals surface area (Å²) in [6.07, 6.45) is 12.5. The Morgan fingerprint density at radius 1 is 1.05 bits per heavy atom. The first kappa shape index (κ1) is 16.0. The van der Waals surface area contributed by atoms with Crippen molar-refractivity contribution in [2.24, 2.45) is 5.92 Å². The van der Waals surface area contributed by atoms with Crippen molar-refractivity contribution < 1.29 is 0 Å². The van der Waals surface area contributed by atoms with E-state index in [-0.39, 0.29) is 5.54 Å². The molecule has 0 saturated carbocycles. The summed E-state index contributed by atoms with van der Waals surface area (Å²) in [6, 6.07) is 8.64. The fourth-order valence-corrected chi connectivity index (χ4v) is 4.10. The van der Waals surface area contributed by atoms with Crippen molar-refractivity contribution in [1.82, 2.24) is 4.90 Å². The molecule has 118 valence electrons. The second-order valence-electron chi connectivity index (χ2n) is 6.90. The first-order chi connectivity index (χ1) is 10.6. The van der Waals surface area contributed by atoms with E-state index in [1.54, 1.807) is 0 Å². The van der Waals surface area contributed by atoms with Crippen LogP contribution in [0.3, 0.4) is 0 Å². The summed E-state index contributed by atoms with van der Waals surface area (Å²) in [5.41, 5.74) is 2.90. The second-order valence-corrected chi connectivity index (χ2v) is 7.81. The second kappa shape index (κ2) is 6.72. The molecule has 1 unspecified atom stereocenters. The first-order valence-corrected chi connectivity index (χ1v) is 9.31. The molecule has 1 nitrogen and oxygen atoms in total. The minimum Gasteiger partial charge on any atom is -0.294 e. The highest BCUT2D eigenvalue weighted by atomic mass is 79.9. The van der Waals surface area contributed by atoms with Gasteiger partial charge in [-0.25, -0.2) is 0 Å². The van der Waals surface area contributed by atoms with Gasteiger partial charge in [0.15, 0.2) is 0 Å². The van der Waals surface area contributed by atoms with E-state index < -0.39 is 0 Å². The van der Waals surface area contributed by atoms with Crippen LogP contribution in [-0.2, 0) is 0 Å². The fourth-order valence-electron chi connectivity index (χ4n) is 3.84. The number of piperidine rings is 1. The Balaban J connectivity index is 1.82. The molecule has 1 aliphatic heterocycles. The maximum atomic E-state index is 3.51. The number of halogens is 1. The fraction of sp³-hybridized carbons (Fsp3) is 0.500. The van der Waals surface area contributed by atoms with Gasteiger partial charge >= 0.3 is 0 Å². The van der Waals surface area contributed by atoms with Gasteiger partial charge in [-0.2, -0.15) is 0 Å². The Kier molecular flexibility index (Phi) is 4.89. The van der Waals surface area contributed by atoms with Gasteiger partial charge in [-0.3, -0.25) is 4.90 Å². The molecule has 1 aliphatic carbocycles. The van der Waals surface area contributed by atoms with E-state index in [1.807, 2.05) is 0 Å². The Morgan fingerprint density at radius 3 is 2.27 bits per heavy atom. The van der Waals surface area contributed by atoms with Crippen LogP contribution in [0.4, 0.5) is 0 Å². The summed E-state index contributed by atoms with van der Waals surface area (Å²) in [5, 5.41) is 0. The number of allylic oxidation sites excluding steroid dienone is 2. The normalized spacial score (nSPS) is 26.3. The third-order valence-electron chi connectivity index (χ3n) is 5.32. The maximum absolute atomic E-state index is 3.51. The van der Waals surface area contributed by atoms with Gasteiger partial charge in [-0.15, -0.1) is 0 Å². The van der Waals surface area contributed by atoms with Gasteiger partial charge in [-0.05, 0) is 61.5 Å². The SMILES string of the molecule is CC(C)C1(N2CCCCC2)C=CC(c2ccc(Br)cc2)=CC1. The van der Waals surface area contributed by atoms with Gasteiger partial charge in [0.2, 0.25) is 0 Å². The van der Waals surface area contributed by atoms with Crippen LogP contribution in [0.25, 0.3) is 5.57 Å². The molecule has 1 aromatic carbocycles. The Bertz CT molecular complexity index is 564. The number of hydrogen-bond acceptors (Lipinski definition) is 1. The van der Waals surface area contributed by atoms with Gasteiger partial charge in [0, 0.05) is 10.0 Å². The lowest BCUT2D eigenvalue weighted by atomic mass is 9.76. The molecule has 1 atom stereocenters. The summed E-state index contributed by atoms with van der Waals surface area (Å²) < 4.78 is 1.14. The summed E-state index contributed by atoms with van der Waals surface area (Å²) in [7, 11) is 0. The lowest BCUT2D eigenvalue weighted by molar-refractivity contribution is 0.0677. The number of hydrogen-bond donors (Lipinski definition) is 0. The predicted octanol–water partition coefficient (Wildman–Crippen LogP) is 5.67. The van der Waals surface area contributed by atoms with Gasteiger partial charge in [0.25, 0.3) is 0 Å². The smallest absolute Gasteiger partial charge is 0.0452 e. The molecule has 1 aromatic rings. The summed E-state index contributed by atoms with van der Waals surface area (Å²) in [4.78, 5) is 2.73. The Morgan fingerprint density at radius 2 is 1.73 bits per heavy atom. The standard InChI is InChI=1S/C20H26BrN/c1-16(2)20(22-14-4-3-5-15-22)12-10-18(11-13-20)17-6-8-19(21)9-7-17/h6-12,16H,3-5,13-15H2,1-2H3. The van der Waals surface area contributed by atoms with Gasteiger partial charge in [0.05, 0.1) is 0 Å². The van der Waals surface area contributed by atoms with Crippen LogP contribution in [-0.4, -0.2) is 23.5 Å². The molecule has 3 rings (SSSR count). The van der Waals surface area contributed by atoms with Gasteiger partial charge < -0.3 is 0 Å². The lowest BCUT2D eigenvalue weighted by Crippen LogP contribution is -2.53. The quantitative estimate of drug-likeness (QED) is 0.671. The molecule has 2 aliphatic rings. The van der Waals surface area contributed by atoms with Crippen LogP contribution in [0.5, 0.6) is 0 Å². The van der Waals surface area contributed by atoms with E-state index >= 15 is 0 Å². The lowest BCUT2D eigenvalue weighted by Gasteiger charge is -2.48. The third kappa shape index (κ3) is 3.09. The third-order valence-corrected chi connectivity index (χ3v) is 5.85. The number of nitrogens with zero attached hydrogens (tertiary/aromatic N) is 1. The molecule has 0 bridgehead atoms. The molecule has 2 heteroatoms. The average Bonchev–Trinajstić information content (AvgIpc) is 2.56. The molecule has 0 N–H and O–H groups in total. The van der Waals surface area contributed by atoms with Crippen LogP contribution in [0.2, 0.25) is 0 Å². The Hall–Kier alpha value is -0.860. The van der Waals surface area contributed by atoms with Crippen LogP contribution in [0, 0.1) is 5.92 Å². The van der Waals surface area contributed by atoms with Gasteiger partial charge in [-0.1, -0.05) is 66.6 Å². The minimum atomic E-state index is 0.222. The number of likely N-dealkylation sites (tertiary alicyclic amines) is 1. The van der Waals surface area contributed by atoms with Crippen molar-refractivity contribution in [2.45, 2.75) is 45.1 Å². The van der Waals surface area contributed by atoms with E-state index in [4.69, 9.17) is 0 Å². The summed E-state index contributed by atoms with van der Waals surface area (Å²) in [5.74, 6) is 0.643. The molecule has 0 amide bonds. The highest BCUT2D eigenvalue weighted by Gasteiger charge is 2.38. The maximum Gasteiger partial charge on any atom is 0.0452 e. The predicted molar refractivity (Wildman–Crippen MR) is 98.9 cm³/mol. The molecule has 1 saturated heterocycles. The highest BCUT2D eigenvalue weighted by molar-refractivity contribution is 9.10. The zero-order valence-electron chi connectivity index (χ0n) is 13.7.